The molecule has 1 aromatic heterocycles. The van der Waals surface area contributed by atoms with Gasteiger partial charge in [-0.2, -0.15) is 0 Å². The largest absolute Gasteiger partial charge is 0.324 e. The quantitative estimate of drug-likeness (QED) is 0.728. The van der Waals surface area contributed by atoms with Crippen LogP contribution in [0.5, 0.6) is 0 Å². The molecule has 0 aliphatic carbocycles. The monoisotopic (exact) mass is 397 g/mol. The van der Waals surface area contributed by atoms with Gasteiger partial charge in [-0.15, -0.1) is 5.10 Å². The molecule has 4 rings (SSSR count). The van der Waals surface area contributed by atoms with E-state index >= 15 is 0 Å². The van der Waals surface area contributed by atoms with Crippen molar-refractivity contribution in [2.45, 2.75) is 19.4 Å². The van der Waals surface area contributed by atoms with Gasteiger partial charge in [-0.05, 0) is 36.8 Å². The van der Waals surface area contributed by atoms with E-state index in [0.717, 1.165) is 11.1 Å². The highest BCUT2D eigenvalue weighted by Crippen LogP contribution is 2.31. The van der Waals surface area contributed by atoms with E-state index in [1.165, 1.54) is 0 Å². The molecule has 0 bridgehead atoms. The molecule has 0 saturated carbocycles. The van der Waals surface area contributed by atoms with Gasteiger partial charge in [0.15, 0.2) is 0 Å². The molecule has 3 aromatic rings. The number of carbonyl (C=O) groups excluding carboxylic acids is 2. The van der Waals surface area contributed by atoms with Crippen LogP contribution in [0.2, 0.25) is 5.02 Å². The summed E-state index contributed by atoms with van der Waals surface area (Å²) in [6, 6.07) is 11.8. The molecule has 1 N–H and O–H groups in total. The third kappa shape index (κ3) is 3.46. The number of rotatable bonds is 4. The van der Waals surface area contributed by atoms with E-state index in [1.54, 1.807) is 47.4 Å². The molecule has 2 heterocycles. The molecule has 1 aliphatic heterocycles. The molecule has 0 unspecified atom stereocenters. The fourth-order valence-electron chi connectivity index (χ4n) is 3.17. The highest BCUT2D eigenvalue weighted by molar-refractivity contribution is 6.34. The molecule has 1 fully saturated rings. The van der Waals surface area contributed by atoms with Crippen LogP contribution in [0, 0.1) is 0 Å². The van der Waals surface area contributed by atoms with E-state index in [-0.39, 0.29) is 18.0 Å². The summed E-state index contributed by atoms with van der Waals surface area (Å²) < 4.78 is 1.01. The van der Waals surface area contributed by atoms with Crippen LogP contribution in [0.15, 0.2) is 47.3 Å². The Morgan fingerprint density at radius 3 is 2.75 bits per heavy atom. The molecular formula is C19H16ClN5O3. The minimum atomic E-state index is -0.437. The number of carbonyl (C=O) groups is 2. The highest BCUT2D eigenvalue weighted by Gasteiger charge is 2.23. The second-order valence-corrected chi connectivity index (χ2v) is 6.84. The molecule has 0 radical (unpaired) electrons. The number of hydrogen-bond acceptors (Lipinski definition) is 5. The molecule has 2 amide bonds. The van der Waals surface area contributed by atoms with Crippen LogP contribution in [-0.4, -0.2) is 33.4 Å². The van der Waals surface area contributed by atoms with Crippen LogP contribution < -0.4 is 15.8 Å². The van der Waals surface area contributed by atoms with Crippen LogP contribution in [0.3, 0.4) is 0 Å². The summed E-state index contributed by atoms with van der Waals surface area (Å²) in [4.78, 5) is 38.3. The Labute approximate surface area is 164 Å². The van der Waals surface area contributed by atoms with E-state index < -0.39 is 5.91 Å². The standard InChI is InChI=1S/C19H16ClN5O3/c20-14-10-12(7-8-16(14)24-9-3-6-18(24)27)21-17(26)11-25-19(28)13-4-1-2-5-15(13)22-23-25/h1-2,4-5,7-8,10H,3,6,9,11H2,(H,21,26). The first kappa shape index (κ1) is 18.1. The minimum absolute atomic E-state index is 0.0351. The van der Waals surface area contributed by atoms with Crippen molar-refractivity contribution in [1.82, 2.24) is 15.0 Å². The minimum Gasteiger partial charge on any atom is -0.324 e. The van der Waals surface area contributed by atoms with E-state index in [4.69, 9.17) is 11.6 Å². The molecule has 142 valence electrons. The predicted octanol–water partition coefficient (Wildman–Crippen LogP) is 2.21. The molecule has 9 heteroatoms. The number of halogens is 1. The van der Waals surface area contributed by atoms with Gasteiger partial charge in [0.2, 0.25) is 11.8 Å². The van der Waals surface area contributed by atoms with Crippen LogP contribution in [0.1, 0.15) is 12.8 Å². The second-order valence-electron chi connectivity index (χ2n) is 6.43. The van der Waals surface area contributed by atoms with E-state index in [9.17, 15) is 14.4 Å². The van der Waals surface area contributed by atoms with Gasteiger partial charge in [-0.25, -0.2) is 4.68 Å². The molecule has 1 saturated heterocycles. The molecule has 8 nitrogen and oxygen atoms in total. The number of nitrogens with one attached hydrogen (secondary N) is 1. The van der Waals surface area contributed by atoms with Gasteiger partial charge in [-0.1, -0.05) is 28.9 Å². The molecule has 0 atom stereocenters. The molecule has 0 spiro atoms. The fourth-order valence-corrected chi connectivity index (χ4v) is 3.45. The smallest absolute Gasteiger partial charge is 0.278 e. The maximum Gasteiger partial charge on any atom is 0.278 e. The summed E-state index contributed by atoms with van der Waals surface area (Å²) in [5, 5.41) is 11.2. The normalized spacial score (nSPS) is 13.9. The Bertz CT molecular complexity index is 1140. The zero-order valence-corrected chi connectivity index (χ0v) is 15.5. The Morgan fingerprint density at radius 1 is 1.18 bits per heavy atom. The summed E-state index contributed by atoms with van der Waals surface area (Å²) in [6.07, 6.45) is 1.31. The number of hydrogen-bond donors (Lipinski definition) is 1. The number of anilines is 2. The third-order valence-corrected chi connectivity index (χ3v) is 4.82. The summed E-state index contributed by atoms with van der Waals surface area (Å²) in [7, 11) is 0. The maximum atomic E-state index is 12.4. The van der Waals surface area contributed by atoms with Crippen molar-refractivity contribution in [2.75, 3.05) is 16.8 Å². The maximum absolute atomic E-state index is 12.4. The average Bonchev–Trinajstić information content (AvgIpc) is 3.10. The second kappa shape index (κ2) is 7.40. The summed E-state index contributed by atoms with van der Waals surface area (Å²) in [5.41, 5.74) is 1.18. The summed E-state index contributed by atoms with van der Waals surface area (Å²) in [5.74, 6) is -0.402. The number of nitrogens with zero attached hydrogens (tertiary/aromatic N) is 4. The first-order valence-electron chi connectivity index (χ1n) is 8.75. The van der Waals surface area contributed by atoms with Gasteiger partial charge in [0.05, 0.1) is 16.1 Å². The van der Waals surface area contributed by atoms with E-state index in [2.05, 4.69) is 15.6 Å². The lowest BCUT2D eigenvalue weighted by Crippen LogP contribution is -2.30. The zero-order valence-electron chi connectivity index (χ0n) is 14.8. The average molecular weight is 398 g/mol. The Kier molecular flexibility index (Phi) is 4.79. The fraction of sp³-hybridized carbons (Fsp3) is 0.211. The Morgan fingerprint density at radius 2 is 2.00 bits per heavy atom. The van der Waals surface area contributed by atoms with Gasteiger partial charge >= 0.3 is 0 Å². The zero-order chi connectivity index (χ0) is 19.7. The Hall–Kier alpha value is -3.26. The highest BCUT2D eigenvalue weighted by atomic mass is 35.5. The lowest BCUT2D eigenvalue weighted by molar-refractivity contribution is -0.117. The van der Waals surface area contributed by atoms with Crippen molar-refractivity contribution in [1.29, 1.82) is 0 Å². The third-order valence-electron chi connectivity index (χ3n) is 4.52. The van der Waals surface area contributed by atoms with E-state index in [1.807, 2.05) is 0 Å². The van der Waals surface area contributed by atoms with Crippen molar-refractivity contribution in [2.24, 2.45) is 0 Å². The van der Waals surface area contributed by atoms with Gasteiger partial charge in [0, 0.05) is 18.7 Å². The van der Waals surface area contributed by atoms with Crippen LogP contribution >= 0.6 is 11.6 Å². The summed E-state index contributed by atoms with van der Waals surface area (Å²) >= 11 is 6.29. The predicted molar refractivity (Wildman–Crippen MR) is 105 cm³/mol. The first-order chi connectivity index (χ1) is 13.5. The van der Waals surface area contributed by atoms with Crippen LogP contribution in [-0.2, 0) is 16.1 Å². The van der Waals surface area contributed by atoms with Crippen molar-refractivity contribution in [3.63, 3.8) is 0 Å². The molecule has 2 aromatic carbocycles. The summed E-state index contributed by atoms with van der Waals surface area (Å²) in [6.45, 7) is 0.356. The van der Waals surface area contributed by atoms with Crippen LogP contribution in [0.25, 0.3) is 10.9 Å². The number of amides is 2. The van der Waals surface area contributed by atoms with Gasteiger partial charge in [0.1, 0.15) is 12.1 Å². The van der Waals surface area contributed by atoms with Gasteiger partial charge in [-0.3, -0.25) is 14.4 Å². The molecule has 1 aliphatic rings. The van der Waals surface area contributed by atoms with Gasteiger partial charge < -0.3 is 10.2 Å². The number of fused-ring (bicyclic) bond motifs is 1. The lowest BCUT2D eigenvalue weighted by Gasteiger charge is -2.18. The topological polar surface area (TPSA) is 97.2 Å². The lowest BCUT2D eigenvalue weighted by atomic mass is 10.2. The van der Waals surface area contributed by atoms with Crippen molar-refractivity contribution >= 4 is 45.7 Å². The molecule has 28 heavy (non-hydrogen) atoms. The van der Waals surface area contributed by atoms with Crippen LogP contribution in [0.4, 0.5) is 11.4 Å². The first-order valence-corrected chi connectivity index (χ1v) is 9.13. The van der Waals surface area contributed by atoms with E-state index in [0.29, 0.717) is 40.3 Å². The number of aromatic nitrogens is 3. The van der Waals surface area contributed by atoms with Gasteiger partial charge in [0.25, 0.3) is 5.56 Å². The van der Waals surface area contributed by atoms with Crippen molar-refractivity contribution < 1.29 is 9.59 Å². The van der Waals surface area contributed by atoms with Crippen molar-refractivity contribution in [3.05, 3.63) is 57.8 Å². The number of benzene rings is 2. The van der Waals surface area contributed by atoms with Crippen molar-refractivity contribution in [3.8, 4) is 0 Å². The SMILES string of the molecule is O=C(Cn1nnc2ccccc2c1=O)Nc1ccc(N2CCCC2=O)c(Cl)c1. The Balaban J connectivity index is 1.50. The molecular weight excluding hydrogens is 382 g/mol.